The third kappa shape index (κ3) is 3.00. The molecule has 0 bridgehead atoms. The molecule has 0 aromatic heterocycles. The molecule has 0 atom stereocenters. The van der Waals surface area contributed by atoms with Crippen LogP contribution in [0.3, 0.4) is 0 Å². The topological polar surface area (TPSA) is 29.5 Å². The van der Waals surface area contributed by atoms with Crippen LogP contribution in [0.15, 0.2) is 0 Å². The summed E-state index contributed by atoms with van der Waals surface area (Å²) in [6.07, 6.45) is 8.28. The normalized spacial score (nSPS) is 22.1. The van der Waals surface area contributed by atoms with Crippen LogP contribution in [-0.4, -0.2) is 42.0 Å². The lowest BCUT2D eigenvalue weighted by atomic mass is 9.77. The van der Waals surface area contributed by atoms with Gasteiger partial charge in [0.05, 0.1) is 12.0 Å². The van der Waals surface area contributed by atoms with Crippen molar-refractivity contribution in [2.75, 3.05) is 19.5 Å². The van der Waals surface area contributed by atoms with Gasteiger partial charge >= 0.3 is 0 Å². The molecule has 0 unspecified atom stereocenters. The van der Waals surface area contributed by atoms with E-state index in [-0.39, 0.29) is 11.5 Å². The molecule has 3 nitrogen and oxygen atoms in total. The summed E-state index contributed by atoms with van der Waals surface area (Å²) in [6, 6.07) is 0.467. The van der Waals surface area contributed by atoms with Crippen LogP contribution in [0.4, 0.5) is 0 Å². The van der Waals surface area contributed by atoms with E-state index in [1.54, 1.807) is 7.11 Å². The number of halogens is 1. The molecule has 0 N–H and O–H groups in total. The van der Waals surface area contributed by atoms with Crippen LogP contribution in [0.5, 0.6) is 0 Å². The molecule has 0 spiro atoms. The molecule has 2 aliphatic carbocycles. The van der Waals surface area contributed by atoms with Gasteiger partial charge in [0.2, 0.25) is 5.91 Å². The molecule has 0 aromatic carbocycles. The Labute approximate surface area is 115 Å². The number of nitrogens with zero attached hydrogens (tertiary/aromatic N) is 1. The molecule has 2 saturated carbocycles. The quantitative estimate of drug-likeness (QED) is 0.668. The van der Waals surface area contributed by atoms with E-state index in [0.29, 0.717) is 18.3 Å². The number of carbonyl (C=O) groups excluding carboxylic acids is 1. The number of ether oxygens (including phenoxy) is 1. The molecule has 0 radical (unpaired) electrons. The van der Waals surface area contributed by atoms with E-state index in [1.807, 2.05) is 0 Å². The molecule has 0 heterocycles. The van der Waals surface area contributed by atoms with E-state index in [4.69, 9.17) is 16.3 Å². The predicted octanol–water partition coefficient (Wildman–Crippen LogP) is 2.96. The first-order valence-electron chi connectivity index (χ1n) is 7.11. The fraction of sp³-hybridized carbons (Fsp3) is 0.929. The molecule has 2 fully saturated rings. The van der Waals surface area contributed by atoms with Crippen LogP contribution in [0, 0.1) is 0 Å². The first kappa shape index (κ1) is 14.1. The van der Waals surface area contributed by atoms with Gasteiger partial charge in [0.1, 0.15) is 0 Å². The molecule has 0 aromatic rings. The van der Waals surface area contributed by atoms with Gasteiger partial charge in [0.25, 0.3) is 0 Å². The van der Waals surface area contributed by atoms with Gasteiger partial charge in [-0.05, 0) is 44.9 Å². The number of hydrogen-bond acceptors (Lipinski definition) is 2. The monoisotopic (exact) mass is 273 g/mol. The van der Waals surface area contributed by atoms with E-state index >= 15 is 0 Å². The second-order valence-electron chi connectivity index (χ2n) is 5.63. The van der Waals surface area contributed by atoms with Crippen molar-refractivity contribution in [1.82, 2.24) is 4.90 Å². The zero-order chi connectivity index (χ0) is 13.0. The highest BCUT2D eigenvalue weighted by atomic mass is 35.5. The molecule has 2 aliphatic rings. The van der Waals surface area contributed by atoms with Gasteiger partial charge in [0, 0.05) is 25.6 Å². The lowest BCUT2D eigenvalue weighted by molar-refractivity contribution is -0.147. The highest BCUT2D eigenvalue weighted by Crippen LogP contribution is 2.39. The molecular formula is C14H24ClNO2. The van der Waals surface area contributed by atoms with Crippen molar-refractivity contribution < 1.29 is 9.53 Å². The van der Waals surface area contributed by atoms with Crippen molar-refractivity contribution in [3.8, 4) is 0 Å². The minimum absolute atomic E-state index is 0.153. The average Bonchev–Trinajstić information content (AvgIpc) is 2.26. The zero-order valence-corrected chi connectivity index (χ0v) is 12.0. The number of alkyl halides is 1. The maximum atomic E-state index is 12.5. The van der Waals surface area contributed by atoms with Crippen molar-refractivity contribution >= 4 is 17.5 Å². The van der Waals surface area contributed by atoms with E-state index in [9.17, 15) is 4.79 Å². The van der Waals surface area contributed by atoms with E-state index in [2.05, 4.69) is 4.90 Å². The summed E-state index contributed by atoms with van der Waals surface area (Å²) in [5, 5.41) is 0. The smallest absolute Gasteiger partial charge is 0.225 e. The number of amides is 1. The Morgan fingerprint density at radius 3 is 2.50 bits per heavy atom. The Morgan fingerprint density at radius 1 is 1.39 bits per heavy atom. The van der Waals surface area contributed by atoms with Crippen molar-refractivity contribution in [3.63, 3.8) is 0 Å². The van der Waals surface area contributed by atoms with Gasteiger partial charge in [-0.1, -0.05) is 0 Å². The van der Waals surface area contributed by atoms with Gasteiger partial charge in [-0.15, -0.1) is 11.6 Å². The van der Waals surface area contributed by atoms with Crippen molar-refractivity contribution in [2.24, 2.45) is 0 Å². The van der Waals surface area contributed by atoms with E-state index in [1.165, 1.54) is 12.8 Å². The lowest BCUT2D eigenvalue weighted by Gasteiger charge is -2.43. The molecule has 4 heteroatoms. The Kier molecular flexibility index (Phi) is 4.91. The highest BCUT2D eigenvalue weighted by Gasteiger charge is 2.41. The maximum absolute atomic E-state index is 12.5. The molecule has 18 heavy (non-hydrogen) atoms. The summed E-state index contributed by atoms with van der Waals surface area (Å²) in [5.41, 5.74) is -0.153. The SMILES string of the molecule is COC1(CC(=O)N(CCCCl)C2CCC2)CCC1. The Morgan fingerprint density at radius 2 is 2.11 bits per heavy atom. The predicted molar refractivity (Wildman–Crippen MR) is 72.9 cm³/mol. The first-order chi connectivity index (χ1) is 8.71. The average molecular weight is 274 g/mol. The fourth-order valence-electron chi connectivity index (χ4n) is 2.84. The molecule has 0 saturated heterocycles. The zero-order valence-electron chi connectivity index (χ0n) is 11.3. The summed E-state index contributed by atoms with van der Waals surface area (Å²) in [7, 11) is 1.74. The van der Waals surface area contributed by atoms with Gasteiger partial charge in [-0.3, -0.25) is 4.79 Å². The minimum atomic E-state index is -0.153. The van der Waals surface area contributed by atoms with Gasteiger partial charge < -0.3 is 9.64 Å². The van der Waals surface area contributed by atoms with E-state index < -0.39 is 0 Å². The standard InChI is InChI=1S/C14H24ClNO2/c1-18-14(7-3-8-14)11-13(17)16(10-4-9-15)12-5-2-6-12/h12H,2-11H2,1H3. The summed E-state index contributed by atoms with van der Waals surface area (Å²) in [6.45, 7) is 0.812. The van der Waals surface area contributed by atoms with Gasteiger partial charge in [-0.2, -0.15) is 0 Å². The van der Waals surface area contributed by atoms with Crippen LogP contribution >= 0.6 is 11.6 Å². The Bertz CT molecular complexity index is 282. The number of carbonyl (C=O) groups is 1. The van der Waals surface area contributed by atoms with Crippen LogP contribution in [0.1, 0.15) is 51.4 Å². The molecule has 1 amide bonds. The van der Waals surface area contributed by atoms with Crippen molar-refractivity contribution in [2.45, 2.75) is 63.0 Å². The molecule has 104 valence electrons. The van der Waals surface area contributed by atoms with Gasteiger partial charge in [-0.25, -0.2) is 0 Å². The maximum Gasteiger partial charge on any atom is 0.225 e. The van der Waals surface area contributed by atoms with E-state index in [0.717, 1.165) is 38.6 Å². The van der Waals surface area contributed by atoms with Crippen molar-refractivity contribution in [3.05, 3.63) is 0 Å². The van der Waals surface area contributed by atoms with Gasteiger partial charge in [0.15, 0.2) is 0 Å². The molecular weight excluding hydrogens is 250 g/mol. The third-order valence-corrected chi connectivity index (χ3v) is 4.81. The number of hydrogen-bond donors (Lipinski definition) is 0. The number of rotatable bonds is 7. The van der Waals surface area contributed by atoms with Crippen LogP contribution in [-0.2, 0) is 9.53 Å². The van der Waals surface area contributed by atoms with Crippen molar-refractivity contribution in [1.29, 1.82) is 0 Å². The summed E-state index contributed by atoms with van der Waals surface area (Å²) in [4.78, 5) is 14.5. The summed E-state index contributed by atoms with van der Waals surface area (Å²) in [5.74, 6) is 0.901. The van der Waals surface area contributed by atoms with Crippen LogP contribution in [0.25, 0.3) is 0 Å². The Hall–Kier alpha value is -0.280. The number of methoxy groups -OCH3 is 1. The fourth-order valence-corrected chi connectivity index (χ4v) is 2.96. The van der Waals surface area contributed by atoms with Crippen LogP contribution in [0.2, 0.25) is 0 Å². The summed E-state index contributed by atoms with van der Waals surface area (Å²) < 4.78 is 5.56. The molecule has 0 aliphatic heterocycles. The second kappa shape index (κ2) is 6.25. The molecule has 2 rings (SSSR count). The second-order valence-corrected chi connectivity index (χ2v) is 6.01. The highest BCUT2D eigenvalue weighted by molar-refractivity contribution is 6.17. The third-order valence-electron chi connectivity index (χ3n) is 4.54. The first-order valence-corrected chi connectivity index (χ1v) is 7.65. The largest absolute Gasteiger partial charge is 0.378 e. The van der Waals surface area contributed by atoms with Crippen LogP contribution < -0.4 is 0 Å². The lowest BCUT2D eigenvalue weighted by Crippen LogP contribution is -2.50. The summed E-state index contributed by atoms with van der Waals surface area (Å²) >= 11 is 5.75. The minimum Gasteiger partial charge on any atom is -0.378 e. The Balaban J connectivity index is 1.89.